The van der Waals surface area contributed by atoms with Crippen molar-refractivity contribution in [1.29, 1.82) is 0 Å². The van der Waals surface area contributed by atoms with E-state index in [1.54, 1.807) is 11.3 Å². The standard InChI is InChI=1S/C25H26N4O4S/c1-16-21(17(2)33-28-16)15-32-20-6-3-18(4-7-20)13-24(30)26-19-5-8-22-23(14-19)34-25(27-22)29-9-11-31-12-10-29/h3-8,14H,9-13,15H2,1-2H3,(H,26,30). The number of carbonyl (C=O) groups excluding carboxylic acids is 1. The average molecular weight is 479 g/mol. The van der Waals surface area contributed by atoms with Crippen LogP contribution < -0.4 is 15.0 Å². The van der Waals surface area contributed by atoms with Gasteiger partial charge in [0.25, 0.3) is 0 Å². The summed E-state index contributed by atoms with van der Waals surface area (Å²) in [7, 11) is 0. The first kappa shape index (κ1) is 22.4. The minimum Gasteiger partial charge on any atom is -0.489 e. The number of aryl methyl sites for hydroxylation is 2. The number of carbonyl (C=O) groups is 1. The van der Waals surface area contributed by atoms with E-state index in [9.17, 15) is 4.79 Å². The summed E-state index contributed by atoms with van der Waals surface area (Å²) in [5.41, 5.74) is 4.42. The number of anilines is 2. The molecule has 0 saturated carbocycles. The molecule has 1 aliphatic heterocycles. The van der Waals surface area contributed by atoms with Crippen LogP contribution in [0.2, 0.25) is 0 Å². The fourth-order valence-corrected chi connectivity index (χ4v) is 4.89. The molecule has 1 amide bonds. The Kier molecular flexibility index (Phi) is 6.46. The Balaban J connectivity index is 1.17. The highest BCUT2D eigenvalue weighted by Crippen LogP contribution is 2.31. The molecular formula is C25H26N4O4S. The molecule has 0 bridgehead atoms. The van der Waals surface area contributed by atoms with Crippen molar-refractivity contribution in [2.75, 3.05) is 36.5 Å². The highest BCUT2D eigenvalue weighted by Gasteiger charge is 2.16. The van der Waals surface area contributed by atoms with Gasteiger partial charge in [0, 0.05) is 18.8 Å². The zero-order chi connectivity index (χ0) is 23.5. The number of aromatic nitrogens is 2. The van der Waals surface area contributed by atoms with Gasteiger partial charge in [-0.2, -0.15) is 0 Å². The molecular weight excluding hydrogens is 452 g/mol. The van der Waals surface area contributed by atoms with Gasteiger partial charge in [0.2, 0.25) is 5.91 Å². The highest BCUT2D eigenvalue weighted by molar-refractivity contribution is 7.22. The first-order valence-corrected chi connectivity index (χ1v) is 12.0. The lowest BCUT2D eigenvalue weighted by Gasteiger charge is -2.25. The maximum atomic E-state index is 12.6. The van der Waals surface area contributed by atoms with E-state index >= 15 is 0 Å². The second-order valence-electron chi connectivity index (χ2n) is 8.24. The van der Waals surface area contributed by atoms with Gasteiger partial charge in [-0.1, -0.05) is 28.6 Å². The van der Waals surface area contributed by atoms with Crippen LogP contribution in [0.3, 0.4) is 0 Å². The van der Waals surface area contributed by atoms with Gasteiger partial charge in [0.15, 0.2) is 5.13 Å². The van der Waals surface area contributed by atoms with Crippen LogP contribution in [0.25, 0.3) is 10.2 Å². The van der Waals surface area contributed by atoms with Gasteiger partial charge in [-0.15, -0.1) is 0 Å². The molecule has 0 unspecified atom stereocenters. The number of nitrogens with one attached hydrogen (secondary N) is 1. The van der Waals surface area contributed by atoms with Gasteiger partial charge in [-0.05, 0) is 49.7 Å². The maximum Gasteiger partial charge on any atom is 0.228 e. The van der Waals surface area contributed by atoms with Crippen LogP contribution in [0.4, 0.5) is 10.8 Å². The van der Waals surface area contributed by atoms with Crippen molar-refractivity contribution in [3.05, 3.63) is 65.0 Å². The highest BCUT2D eigenvalue weighted by atomic mass is 32.1. The van der Waals surface area contributed by atoms with E-state index in [0.29, 0.717) is 6.61 Å². The number of morpholine rings is 1. The topological polar surface area (TPSA) is 89.7 Å². The summed E-state index contributed by atoms with van der Waals surface area (Å²) < 4.78 is 17.5. The first-order chi connectivity index (χ1) is 16.5. The van der Waals surface area contributed by atoms with Crippen molar-refractivity contribution in [3.63, 3.8) is 0 Å². The largest absolute Gasteiger partial charge is 0.489 e. The van der Waals surface area contributed by atoms with Crippen molar-refractivity contribution in [3.8, 4) is 5.75 Å². The fraction of sp³-hybridized carbons (Fsp3) is 0.320. The van der Waals surface area contributed by atoms with Crippen LogP contribution in [0.1, 0.15) is 22.6 Å². The zero-order valence-corrected chi connectivity index (χ0v) is 20.0. The van der Waals surface area contributed by atoms with Crippen LogP contribution >= 0.6 is 11.3 Å². The Hall–Kier alpha value is -3.43. The number of hydrogen-bond acceptors (Lipinski definition) is 8. The number of benzene rings is 2. The van der Waals surface area contributed by atoms with E-state index in [1.165, 1.54) is 0 Å². The Morgan fingerprint density at radius 2 is 1.94 bits per heavy atom. The first-order valence-electron chi connectivity index (χ1n) is 11.2. The molecule has 8 nitrogen and oxygen atoms in total. The number of thiazole rings is 1. The van der Waals surface area contributed by atoms with Gasteiger partial charge in [-0.25, -0.2) is 4.98 Å². The average Bonchev–Trinajstić information content (AvgIpc) is 3.41. The lowest BCUT2D eigenvalue weighted by molar-refractivity contribution is -0.115. The number of amides is 1. The Morgan fingerprint density at radius 3 is 2.68 bits per heavy atom. The molecule has 0 spiro atoms. The van der Waals surface area contributed by atoms with Crippen LogP contribution in [0.15, 0.2) is 47.0 Å². The molecule has 3 heterocycles. The quantitative estimate of drug-likeness (QED) is 0.418. The molecule has 0 radical (unpaired) electrons. The molecule has 34 heavy (non-hydrogen) atoms. The molecule has 1 fully saturated rings. The molecule has 1 aliphatic rings. The van der Waals surface area contributed by atoms with Gasteiger partial charge in [0.05, 0.1) is 41.1 Å². The van der Waals surface area contributed by atoms with Crippen LogP contribution in [-0.4, -0.2) is 42.4 Å². The predicted octanol–water partition coefficient (Wildman–Crippen LogP) is 4.50. The third kappa shape index (κ3) is 5.05. The SMILES string of the molecule is Cc1noc(C)c1COc1ccc(CC(=O)Nc2ccc3nc(N4CCOCC4)sc3c2)cc1. The molecule has 9 heteroatoms. The molecule has 5 rings (SSSR count). The summed E-state index contributed by atoms with van der Waals surface area (Å²) in [5, 5.41) is 7.94. The van der Waals surface area contributed by atoms with E-state index < -0.39 is 0 Å². The third-order valence-corrected chi connectivity index (χ3v) is 6.87. The summed E-state index contributed by atoms with van der Waals surface area (Å²) in [4.78, 5) is 19.6. The minimum atomic E-state index is -0.0679. The van der Waals surface area contributed by atoms with E-state index in [1.807, 2.05) is 56.3 Å². The molecule has 0 atom stereocenters. The summed E-state index contributed by atoms with van der Waals surface area (Å²) in [6, 6.07) is 13.4. The number of hydrogen-bond donors (Lipinski definition) is 1. The van der Waals surface area contributed by atoms with E-state index in [4.69, 9.17) is 19.0 Å². The second kappa shape index (κ2) is 9.82. The van der Waals surface area contributed by atoms with Crippen LogP contribution in [-0.2, 0) is 22.6 Å². The van der Waals surface area contributed by atoms with Gasteiger partial charge in [-0.3, -0.25) is 4.79 Å². The lowest BCUT2D eigenvalue weighted by Crippen LogP contribution is -2.36. The maximum absolute atomic E-state index is 12.6. The van der Waals surface area contributed by atoms with Crippen molar-refractivity contribution in [2.24, 2.45) is 0 Å². The Bertz CT molecular complexity index is 1270. The van der Waals surface area contributed by atoms with Gasteiger partial charge < -0.3 is 24.2 Å². The van der Waals surface area contributed by atoms with Gasteiger partial charge in [0.1, 0.15) is 18.1 Å². The Labute approximate surface area is 201 Å². The van der Waals surface area contributed by atoms with Crippen LogP contribution in [0.5, 0.6) is 5.75 Å². The van der Waals surface area contributed by atoms with E-state index in [2.05, 4.69) is 15.4 Å². The second-order valence-corrected chi connectivity index (χ2v) is 9.25. The molecule has 0 aliphatic carbocycles. The van der Waals surface area contributed by atoms with E-state index in [0.717, 1.165) is 75.7 Å². The lowest BCUT2D eigenvalue weighted by atomic mass is 10.1. The molecule has 1 saturated heterocycles. The van der Waals surface area contributed by atoms with Crippen LogP contribution in [0, 0.1) is 13.8 Å². The summed E-state index contributed by atoms with van der Waals surface area (Å²) in [6.07, 6.45) is 0.282. The zero-order valence-electron chi connectivity index (χ0n) is 19.2. The van der Waals surface area contributed by atoms with E-state index in [-0.39, 0.29) is 12.3 Å². The molecule has 4 aromatic rings. The number of rotatable bonds is 7. The number of nitrogens with zero attached hydrogens (tertiary/aromatic N) is 3. The predicted molar refractivity (Wildman–Crippen MR) is 132 cm³/mol. The fourth-order valence-electron chi connectivity index (χ4n) is 3.84. The van der Waals surface area contributed by atoms with Crippen molar-refractivity contribution in [2.45, 2.75) is 26.9 Å². The smallest absolute Gasteiger partial charge is 0.228 e. The normalized spacial score (nSPS) is 13.9. The summed E-state index contributed by atoms with van der Waals surface area (Å²) in [5.74, 6) is 1.43. The molecule has 1 N–H and O–H groups in total. The summed E-state index contributed by atoms with van der Waals surface area (Å²) >= 11 is 1.64. The molecule has 2 aromatic heterocycles. The number of fused-ring (bicyclic) bond motifs is 1. The Morgan fingerprint density at radius 1 is 1.15 bits per heavy atom. The van der Waals surface area contributed by atoms with Crippen molar-refractivity contribution < 1.29 is 18.8 Å². The molecule has 2 aromatic carbocycles. The third-order valence-electron chi connectivity index (χ3n) is 5.79. The monoisotopic (exact) mass is 478 g/mol. The summed E-state index contributed by atoms with van der Waals surface area (Å²) in [6.45, 7) is 7.33. The minimum absolute atomic E-state index is 0.0679. The van der Waals surface area contributed by atoms with Gasteiger partial charge >= 0.3 is 0 Å². The molecule has 176 valence electrons. The van der Waals surface area contributed by atoms with Crippen molar-refractivity contribution >= 4 is 38.3 Å². The number of ether oxygens (including phenoxy) is 2. The van der Waals surface area contributed by atoms with Crippen molar-refractivity contribution in [1.82, 2.24) is 10.1 Å².